The molecule has 0 saturated heterocycles. The van der Waals surface area contributed by atoms with E-state index in [4.69, 9.17) is 9.47 Å². The van der Waals surface area contributed by atoms with Crippen LogP contribution < -0.4 is 4.74 Å². The van der Waals surface area contributed by atoms with E-state index in [1.807, 2.05) is 6.92 Å². The number of benzene rings is 1. The van der Waals surface area contributed by atoms with Gasteiger partial charge in [0.2, 0.25) is 0 Å². The molecule has 128 valence electrons. The number of phenolic OH excluding ortho intramolecular Hbond substituents is 1. The summed E-state index contributed by atoms with van der Waals surface area (Å²) in [6, 6.07) is 4.90. The van der Waals surface area contributed by atoms with Gasteiger partial charge in [0.15, 0.2) is 17.2 Å². The van der Waals surface area contributed by atoms with Crippen molar-refractivity contribution in [1.29, 1.82) is 0 Å². The van der Waals surface area contributed by atoms with Gasteiger partial charge in [-0.05, 0) is 31.0 Å². The average molecular weight is 331 g/mol. The zero-order valence-electron chi connectivity index (χ0n) is 14.0. The average Bonchev–Trinajstić information content (AvgIpc) is 3.08. The summed E-state index contributed by atoms with van der Waals surface area (Å²) in [4.78, 5) is 14.5. The number of hydrogen-bond acceptors (Lipinski definition) is 5. The number of methoxy groups -OCH3 is 2. The van der Waals surface area contributed by atoms with Crippen molar-refractivity contribution in [1.82, 2.24) is 15.1 Å². The van der Waals surface area contributed by atoms with Crippen LogP contribution in [-0.2, 0) is 4.74 Å². The number of ether oxygens (including phenoxy) is 2. The van der Waals surface area contributed by atoms with Gasteiger partial charge in [0.1, 0.15) is 0 Å². The molecule has 0 bridgehead atoms. The van der Waals surface area contributed by atoms with Gasteiger partial charge in [-0.3, -0.25) is 9.89 Å². The van der Waals surface area contributed by atoms with Gasteiger partial charge < -0.3 is 19.5 Å². The molecule has 1 atom stereocenters. The van der Waals surface area contributed by atoms with Crippen LogP contribution >= 0.6 is 0 Å². The minimum Gasteiger partial charge on any atom is -0.504 e. The third-order valence-electron chi connectivity index (χ3n) is 4.31. The molecule has 1 unspecified atom stereocenters. The van der Waals surface area contributed by atoms with Crippen LogP contribution in [0.4, 0.5) is 0 Å². The zero-order valence-corrected chi connectivity index (χ0v) is 14.0. The molecule has 0 saturated carbocycles. The molecule has 1 aromatic carbocycles. The molecular weight excluding hydrogens is 310 g/mol. The van der Waals surface area contributed by atoms with E-state index < -0.39 is 0 Å². The van der Waals surface area contributed by atoms with Crippen molar-refractivity contribution in [3.63, 3.8) is 0 Å². The molecule has 0 fully saturated rings. The molecule has 24 heavy (non-hydrogen) atoms. The van der Waals surface area contributed by atoms with Crippen molar-refractivity contribution in [3.05, 3.63) is 40.7 Å². The first-order valence-electron chi connectivity index (χ1n) is 7.80. The summed E-state index contributed by atoms with van der Waals surface area (Å²) in [6.45, 7) is 3.05. The van der Waals surface area contributed by atoms with E-state index in [0.29, 0.717) is 24.6 Å². The largest absolute Gasteiger partial charge is 0.504 e. The normalized spacial score (nSPS) is 16.5. The predicted molar refractivity (Wildman–Crippen MR) is 87.4 cm³/mol. The molecule has 0 spiro atoms. The lowest BCUT2D eigenvalue weighted by Crippen LogP contribution is -2.31. The number of nitrogens with zero attached hydrogens (tertiary/aromatic N) is 2. The number of hydrogen-bond donors (Lipinski definition) is 2. The highest BCUT2D eigenvalue weighted by Gasteiger charge is 2.41. The fourth-order valence-corrected chi connectivity index (χ4v) is 3.17. The predicted octanol–water partition coefficient (Wildman–Crippen LogP) is 2.01. The molecule has 3 rings (SSSR count). The summed E-state index contributed by atoms with van der Waals surface area (Å²) in [5.74, 6) is 0.356. The Labute approximate surface area is 140 Å². The maximum atomic E-state index is 12.7. The van der Waals surface area contributed by atoms with Gasteiger partial charge >= 0.3 is 0 Å². The molecule has 1 amide bonds. The minimum atomic E-state index is -0.252. The van der Waals surface area contributed by atoms with Crippen molar-refractivity contribution in [2.75, 3.05) is 27.4 Å². The number of aryl methyl sites for hydroxylation is 1. The van der Waals surface area contributed by atoms with Gasteiger partial charge in [0, 0.05) is 31.5 Å². The Hall–Kier alpha value is -2.54. The number of amides is 1. The Morgan fingerprint density at radius 2 is 2.17 bits per heavy atom. The second kappa shape index (κ2) is 6.52. The number of nitrogens with one attached hydrogen (secondary N) is 1. The smallest absolute Gasteiger partial charge is 0.275 e. The molecular formula is C17H21N3O4. The summed E-state index contributed by atoms with van der Waals surface area (Å²) < 4.78 is 10.3. The number of fused-ring (bicyclic) bond motifs is 1. The maximum absolute atomic E-state index is 12.7. The Bertz CT molecular complexity index is 756. The molecule has 2 N–H and O–H groups in total. The molecule has 2 aromatic rings. The molecule has 2 heterocycles. The Kier molecular flexibility index (Phi) is 4.44. The molecule has 1 aliphatic rings. The van der Waals surface area contributed by atoms with Crippen LogP contribution in [0.1, 0.15) is 39.8 Å². The van der Waals surface area contributed by atoms with Crippen molar-refractivity contribution < 1.29 is 19.4 Å². The highest BCUT2D eigenvalue weighted by atomic mass is 16.5. The van der Waals surface area contributed by atoms with E-state index in [-0.39, 0.29) is 17.7 Å². The lowest BCUT2D eigenvalue weighted by molar-refractivity contribution is 0.0722. The van der Waals surface area contributed by atoms with Crippen LogP contribution in [0.3, 0.4) is 0 Å². The first-order valence-corrected chi connectivity index (χ1v) is 7.80. The molecule has 0 aliphatic carbocycles. The summed E-state index contributed by atoms with van der Waals surface area (Å²) in [5, 5.41) is 16.9. The van der Waals surface area contributed by atoms with E-state index in [0.717, 1.165) is 23.2 Å². The van der Waals surface area contributed by atoms with Gasteiger partial charge in [-0.15, -0.1) is 0 Å². The fraction of sp³-hybridized carbons (Fsp3) is 0.412. The third kappa shape index (κ3) is 2.60. The molecule has 0 radical (unpaired) electrons. The van der Waals surface area contributed by atoms with Gasteiger partial charge in [0.25, 0.3) is 5.91 Å². The number of aromatic nitrogens is 2. The number of aromatic hydroxyl groups is 1. The zero-order chi connectivity index (χ0) is 17.3. The monoisotopic (exact) mass is 331 g/mol. The van der Waals surface area contributed by atoms with E-state index in [2.05, 4.69) is 10.2 Å². The molecule has 1 aromatic heterocycles. The molecule has 1 aliphatic heterocycles. The number of phenols is 1. The van der Waals surface area contributed by atoms with Crippen molar-refractivity contribution in [2.24, 2.45) is 0 Å². The standard InChI is InChI=1S/C17H21N3O4/c1-10-14-15(19-18-10)17(22)20(7-4-8-23-2)16(14)11-5-6-12(21)13(9-11)24-3/h5-6,9,16,21H,4,7-8H2,1-3H3,(H,18,19). The van der Waals surface area contributed by atoms with Crippen molar-refractivity contribution in [3.8, 4) is 11.5 Å². The molecule has 7 heteroatoms. The van der Waals surface area contributed by atoms with Crippen LogP contribution in [0.5, 0.6) is 11.5 Å². The summed E-state index contributed by atoms with van der Waals surface area (Å²) >= 11 is 0. The maximum Gasteiger partial charge on any atom is 0.275 e. The lowest BCUT2D eigenvalue weighted by atomic mass is 9.98. The molecule has 7 nitrogen and oxygen atoms in total. The second-order valence-electron chi connectivity index (χ2n) is 5.79. The van der Waals surface area contributed by atoms with E-state index in [1.165, 1.54) is 7.11 Å². The first-order chi connectivity index (χ1) is 11.6. The summed E-state index contributed by atoms with van der Waals surface area (Å²) in [6.07, 6.45) is 0.737. The SMILES string of the molecule is COCCCN1C(=O)c2n[nH]c(C)c2C1c1ccc(O)c(OC)c1. The number of carbonyl (C=O) groups is 1. The van der Waals surface area contributed by atoms with Crippen molar-refractivity contribution >= 4 is 5.91 Å². The Morgan fingerprint density at radius 3 is 2.88 bits per heavy atom. The number of rotatable bonds is 6. The van der Waals surface area contributed by atoms with E-state index in [9.17, 15) is 9.90 Å². The van der Waals surface area contributed by atoms with E-state index in [1.54, 1.807) is 30.2 Å². The second-order valence-corrected chi connectivity index (χ2v) is 5.79. The lowest BCUT2D eigenvalue weighted by Gasteiger charge is -2.26. The van der Waals surface area contributed by atoms with Crippen LogP contribution in [0.2, 0.25) is 0 Å². The number of H-pyrrole nitrogens is 1. The van der Waals surface area contributed by atoms with Gasteiger partial charge in [-0.25, -0.2) is 0 Å². The first kappa shape index (κ1) is 16.3. The highest BCUT2D eigenvalue weighted by Crippen LogP contribution is 2.41. The highest BCUT2D eigenvalue weighted by molar-refractivity contribution is 5.98. The van der Waals surface area contributed by atoms with Crippen LogP contribution in [-0.4, -0.2) is 53.5 Å². The van der Waals surface area contributed by atoms with Crippen LogP contribution in [0.15, 0.2) is 18.2 Å². The fourth-order valence-electron chi connectivity index (χ4n) is 3.17. The quantitative estimate of drug-likeness (QED) is 0.791. The van der Waals surface area contributed by atoms with Gasteiger partial charge in [-0.2, -0.15) is 5.10 Å². The third-order valence-corrected chi connectivity index (χ3v) is 4.31. The topological polar surface area (TPSA) is 87.7 Å². The Morgan fingerprint density at radius 1 is 1.38 bits per heavy atom. The number of carbonyl (C=O) groups excluding carboxylic acids is 1. The van der Waals surface area contributed by atoms with E-state index >= 15 is 0 Å². The van der Waals surface area contributed by atoms with Crippen LogP contribution in [0.25, 0.3) is 0 Å². The minimum absolute atomic E-state index is 0.0700. The summed E-state index contributed by atoms with van der Waals surface area (Å²) in [7, 11) is 3.15. The summed E-state index contributed by atoms with van der Waals surface area (Å²) in [5.41, 5.74) is 3.08. The van der Waals surface area contributed by atoms with Crippen molar-refractivity contribution in [2.45, 2.75) is 19.4 Å². The number of aromatic amines is 1. The van der Waals surface area contributed by atoms with Gasteiger partial charge in [-0.1, -0.05) is 6.07 Å². The van der Waals surface area contributed by atoms with Crippen LogP contribution in [0, 0.1) is 6.92 Å². The van der Waals surface area contributed by atoms with Gasteiger partial charge in [0.05, 0.1) is 13.2 Å². The Balaban J connectivity index is 2.03.